The standard InChI is InChI=1S/C13H11NO3S/c15-13(16)11-5-12(17-14-11)9-3-1-2-8(4-9)10-6-18-7-10/h1-5,10H,6-7H2,(H,15,16). The molecule has 1 aliphatic heterocycles. The molecule has 0 amide bonds. The Labute approximate surface area is 108 Å². The highest BCUT2D eigenvalue weighted by atomic mass is 32.2. The topological polar surface area (TPSA) is 63.3 Å². The predicted octanol–water partition coefficient (Wildman–Crippen LogP) is 2.87. The van der Waals surface area contributed by atoms with Gasteiger partial charge in [-0.2, -0.15) is 11.8 Å². The molecule has 0 aliphatic carbocycles. The van der Waals surface area contributed by atoms with Crippen molar-refractivity contribution in [3.8, 4) is 11.3 Å². The van der Waals surface area contributed by atoms with Gasteiger partial charge < -0.3 is 9.63 Å². The third kappa shape index (κ3) is 2.01. The SMILES string of the molecule is O=C(O)c1cc(-c2cccc(C3CSC3)c2)on1. The predicted molar refractivity (Wildman–Crippen MR) is 69.0 cm³/mol. The molecule has 5 heteroatoms. The van der Waals surface area contributed by atoms with Crippen molar-refractivity contribution in [3.63, 3.8) is 0 Å². The minimum atomic E-state index is -1.07. The summed E-state index contributed by atoms with van der Waals surface area (Å²) >= 11 is 1.94. The van der Waals surface area contributed by atoms with Crippen molar-refractivity contribution in [1.29, 1.82) is 0 Å². The van der Waals surface area contributed by atoms with Crippen molar-refractivity contribution in [1.82, 2.24) is 5.16 Å². The fraction of sp³-hybridized carbons (Fsp3) is 0.231. The number of aromatic nitrogens is 1. The van der Waals surface area contributed by atoms with Crippen LogP contribution in [-0.4, -0.2) is 27.7 Å². The molecule has 0 bridgehead atoms. The number of nitrogens with zero attached hydrogens (tertiary/aromatic N) is 1. The van der Waals surface area contributed by atoms with Gasteiger partial charge in [0.15, 0.2) is 11.5 Å². The van der Waals surface area contributed by atoms with Crippen LogP contribution in [0.5, 0.6) is 0 Å². The van der Waals surface area contributed by atoms with Crippen molar-refractivity contribution >= 4 is 17.7 Å². The number of rotatable bonds is 3. The molecule has 1 saturated heterocycles. The fourth-order valence-corrected chi connectivity index (χ4v) is 2.74. The number of hydrogen-bond acceptors (Lipinski definition) is 4. The van der Waals surface area contributed by atoms with Crippen LogP contribution >= 0.6 is 11.8 Å². The minimum absolute atomic E-state index is 0.0606. The van der Waals surface area contributed by atoms with Crippen LogP contribution in [0.25, 0.3) is 11.3 Å². The van der Waals surface area contributed by atoms with Crippen molar-refractivity contribution in [3.05, 3.63) is 41.6 Å². The Bertz CT molecular complexity index is 589. The molecule has 0 radical (unpaired) electrons. The van der Waals surface area contributed by atoms with E-state index in [-0.39, 0.29) is 5.69 Å². The fourth-order valence-electron chi connectivity index (χ4n) is 1.89. The van der Waals surface area contributed by atoms with Crippen molar-refractivity contribution in [2.45, 2.75) is 5.92 Å². The highest BCUT2D eigenvalue weighted by Crippen LogP contribution is 2.35. The van der Waals surface area contributed by atoms with Crippen LogP contribution in [0.2, 0.25) is 0 Å². The van der Waals surface area contributed by atoms with E-state index in [1.165, 1.54) is 11.6 Å². The molecule has 1 fully saturated rings. The Hall–Kier alpha value is -1.75. The molecule has 3 rings (SSSR count). The molecule has 1 aromatic heterocycles. The van der Waals surface area contributed by atoms with Crippen LogP contribution in [0.1, 0.15) is 22.0 Å². The summed E-state index contributed by atoms with van der Waals surface area (Å²) in [7, 11) is 0. The van der Waals surface area contributed by atoms with E-state index >= 15 is 0 Å². The van der Waals surface area contributed by atoms with E-state index < -0.39 is 5.97 Å². The molecule has 2 aromatic rings. The van der Waals surface area contributed by atoms with Crippen LogP contribution in [0.15, 0.2) is 34.9 Å². The van der Waals surface area contributed by atoms with Crippen LogP contribution in [0.4, 0.5) is 0 Å². The van der Waals surface area contributed by atoms with Crippen molar-refractivity contribution < 1.29 is 14.4 Å². The largest absolute Gasteiger partial charge is 0.476 e. The second kappa shape index (κ2) is 4.49. The smallest absolute Gasteiger partial charge is 0.358 e. The Morgan fingerprint density at radius 2 is 2.22 bits per heavy atom. The first-order valence-corrected chi connectivity index (χ1v) is 6.77. The lowest BCUT2D eigenvalue weighted by atomic mass is 9.99. The van der Waals surface area contributed by atoms with Gasteiger partial charge in [-0.1, -0.05) is 23.4 Å². The molecule has 0 spiro atoms. The van der Waals surface area contributed by atoms with Crippen LogP contribution in [0, 0.1) is 0 Å². The van der Waals surface area contributed by atoms with E-state index in [9.17, 15) is 4.79 Å². The van der Waals surface area contributed by atoms with Gasteiger partial charge in [-0.15, -0.1) is 0 Å². The summed E-state index contributed by atoms with van der Waals surface area (Å²) in [6, 6.07) is 9.48. The molecule has 1 aromatic carbocycles. The van der Waals surface area contributed by atoms with Gasteiger partial charge >= 0.3 is 5.97 Å². The van der Waals surface area contributed by atoms with Crippen LogP contribution < -0.4 is 0 Å². The highest BCUT2D eigenvalue weighted by Gasteiger charge is 2.21. The molecule has 1 aliphatic rings. The first-order valence-electron chi connectivity index (χ1n) is 5.62. The summed E-state index contributed by atoms with van der Waals surface area (Å²) in [5.41, 5.74) is 2.10. The maximum absolute atomic E-state index is 10.8. The summed E-state index contributed by atoms with van der Waals surface area (Å²) in [6.07, 6.45) is 0. The molecule has 2 heterocycles. The lowest BCUT2D eigenvalue weighted by Gasteiger charge is -2.25. The molecule has 0 atom stereocenters. The normalized spacial score (nSPS) is 15.3. The van der Waals surface area contributed by atoms with Gasteiger partial charge in [-0.3, -0.25) is 0 Å². The highest BCUT2D eigenvalue weighted by molar-refractivity contribution is 8.00. The number of hydrogen-bond donors (Lipinski definition) is 1. The molecule has 0 saturated carbocycles. The van der Waals surface area contributed by atoms with Crippen molar-refractivity contribution in [2.75, 3.05) is 11.5 Å². The second-order valence-corrected chi connectivity index (χ2v) is 5.32. The van der Waals surface area contributed by atoms with E-state index in [1.807, 2.05) is 23.9 Å². The summed E-state index contributed by atoms with van der Waals surface area (Å²) in [6.45, 7) is 0. The van der Waals surface area contributed by atoms with Crippen LogP contribution in [-0.2, 0) is 0 Å². The lowest BCUT2D eigenvalue weighted by molar-refractivity contribution is 0.0686. The third-order valence-corrected chi connectivity index (χ3v) is 4.29. The maximum atomic E-state index is 10.8. The summed E-state index contributed by atoms with van der Waals surface area (Å²) in [5, 5.41) is 12.3. The molecule has 18 heavy (non-hydrogen) atoms. The molecule has 4 nitrogen and oxygen atoms in total. The van der Waals surface area contributed by atoms with E-state index in [1.54, 1.807) is 0 Å². The summed E-state index contributed by atoms with van der Waals surface area (Å²) in [4.78, 5) is 10.8. The number of aromatic carboxylic acids is 1. The van der Waals surface area contributed by atoms with Crippen molar-refractivity contribution in [2.24, 2.45) is 0 Å². The Balaban J connectivity index is 1.92. The van der Waals surface area contributed by atoms with Gasteiger partial charge in [-0.05, 0) is 11.6 Å². The van der Waals surface area contributed by atoms with Gasteiger partial charge in [-0.25, -0.2) is 4.79 Å². The summed E-state index contributed by atoms with van der Waals surface area (Å²) < 4.78 is 5.06. The van der Waals surface area contributed by atoms with Gasteiger partial charge in [0.2, 0.25) is 0 Å². The molecular weight excluding hydrogens is 250 g/mol. The first-order chi connectivity index (χ1) is 8.74. The zero-order valence-electron chi connectivity index (χ0n) is 9.50. The van der Waals surface area contributed by atoms with E-state index in [2.05, 4.69) is 17.3 Å². The Morgan fingerprint density at radius 3 is 2.83 bits per heavy atom. The Kier molecular flexibility index (Phi) is 2.83. The minimum Gasteiger partial charge on any atom is -0.476 e. The monoisotopic (exact) mass is 261 g/mol. The number of benzene rings is 1. The lowest BCUT2D eigenvalue weighted by Crippen LogP contribution is -2.15. The summed E-state index contributed by atoms with van der Waals surface area (Å²) in [5.74, 6) is 2.34. The zero-order valence-corrected chi connectivity index (χ0v) is 10.3. The number of carboxylic acid groups (broad SMARTS) is 1. The van der Waals surface area contributed by atoms with Gasteiger partial charge in [0, 0.05) is 29.1 Å². The average molecular weight is 261 g/mol. The number of carbonyl (C=O) groups is 1. The molecule has 1 N–H and O–H groups in total. The molecule has 0 unspecified atom stereocenters. The quantitative estimate of drug-likeness (QED) is 0.920. The van der Waals surface area contributed by atoms with Crippen LogP contribution in [0.3, 0.4) is 0 Å². The molecular formula is C13H11NO3S. The van der Waals surface area contributed by atoms with Gasteiger partial charge in [0.1, 0.15) is 0 Å². The number of carboxylic acids is 1. The van der Waals surface area contributed by atoms with E-state index in [4.69, 9.17) is 9.63 Å². The van der Waals surface area contributed by atoms with Gasteiger partial charge in [0.05, 0.1) is 0 Å². The van der Waals surface area contributed by atoms with E-state index in [0.717, 1.165) is 17.1 Å². The zero-order chi connectivity index (χ0) is 12.5. The average Bonchev–Trinajstić information content (AvgIpc) is 2.76. The first kappa shape index (κ1) is 11.3. The third-order valence-electron chi connectivity index (χ3n) is 3.01. The van der Waals surface area contributed by atoms with Gasteiger partial charge in [0.25, 0.3) is 0 Å². The second-order valence-electron chi connectivity index (χ2n) is 4.24. The molecule has 92 valence electrons. The maximum Gasteiger partial charge on any atom is 0.358 e. The Morgan fingerprint density at radius 1 is 1.39 bits per heavy atom. The van der Waals surface area contributed by atoms with E-state index in [0.29, 0.717) is 11.7 Å². The number of thioether (sulfide) groups is 1.